The summed E-state index contributed by atoms with van der Waals surface area (Å²) in [7, 11) is 0. The summed E-state index contributed by atoms with van der Waals surface area (Å²) in [5.74, 6) is 0. The highest BCUT2D eigenvalue weighted by molar-refractivity contribution is 6.31. The molecule has 0 aliphatic rings. The van der Waals surface area contributed by atoms with Gasteiger partial charge in [0.05, 0.1) is 17.7 Å². The van der Waals surface area contributed by atoms with E-state index >= 15 is 0 Å². The van der Waals surface area contributed by atoms with Crippen LogP contribution in [0.1, 0.15) is 22.7 Å². The molecule has 2 atom stereocenters. The highest BCUT2D eigenvalue weighted by atomic mass is 35.5. The van der Waals surface area contributed by atoms with Crippen molar-refractivity contribution in [3.8, 4) is 0 Å². The van der Waals surface area contributed by atoms with Gasteiger partial charge in [0.15, 0.2) is 0 Å². The molecule has 0 heterocycles. The van der Waals surface area contributed by atoms with E-state index in [1.807, 2.05) is 30.3 Å². The lowest BCUT2D eigenvalue weighted by Gasteiger charge is -2.21. The Morgan fingerprint density at radius 1 is 1.09 bits per heavy atom. The van der Waals surface area contributed by atoms with Gasteiger partial charge < -0.3 is 10.8 Å². The second kappa shape index (κ2) is 6.69. The lowest BCUT2D eigenvalue weighted by Crippen LogP contribution is -2.28. The molecule has 6 heteroatoms. The van der Waals surface area contributed by atoms with Crippen LogP contribution in [0.3, 0.4) is 0 Å². The van der Waals surface area contributed by atoms with Crippen LogP contribution in [-0.2, 0) is 12.6 Å². The van der Waals surface area contributed by atoms with Crippen LogP contribution in [0.25, 0.3) is 0 Å². The van der Waals surface area contributed by atoms with Gasteiger partial charge in [-0.25, -0.2) is 0 Å². The molecule has 0 radical (unpaired) electrons. The number of hydrogen-bond donors (Lipinski definition) is 2. The van der Waals surface area contributed by atoms with Crippen LogP contribution in [0.2, 0.25) is 5.02 Å². The second-order valence-electron chi connectivity index (χ2n) is 5.02. The van der Waals surface area contributed by atoms with E-state index in [9.17, 15) is 18.3 Å². The van der Waals surface area contributed by atoms with Gasteiger partial charge >= 0.3 is 6.18 Å². The molecule has 2 rings (SSSR count). The monoisotopic (exact) mass is 329 g/mol. The van der Waals surface area contributed by atoms with Crippen LogP contribution in [0.15, 0.2) is 48.5 Å². The Morgan fingerprint density at radius 2 is 1.73 bits per heavy atom. The SMILES string of the molecule is N[C@H](c1cc(C(F)(F)F)ccc1Cl)[C@@H](O)Cc1ccccc1. The van der Waals surface area contributed by atoms with E-state index in [0.29, 0.717) is 0 Å². The molecule has 118 valence electrons. The van der Waals surface area contributed by atoms with Crippen LogP contribution >= 0.6 is 11.6 Å². The van der Waals surface area contributed by atoms with E-state index in [1.54, 1.807) is 0 Å². The summed E-state index contributed by atoms with van der Waals surface area (Å²) in [4.78, 5) is 0. The zero-order valence-corrected chi connectivity index (χ0v) is 12.3. The molecule has 0 unspecified atom stereocenters. The average Bonchev–Trinajstić information content (AvgIpc) is 2.46. The number of halogens is 4. The zero-order chi connectivity index (χ0) is 16.3. The predicted molar refractivity (Wildman–Crippen MR) is 79.5 cm³/mol. The van der Waals surface area contributed by atoms with E-state index in [4.69, 9.17) is 17.3 Å². The van der Waals surface area contributed by atoms with Crippen molar-refractivity contribution in [1.82, 2.24) is 0 Å². The molecule has 2 aromatic rings. The molecule has 0 aliphatic carbocycles. The van der Waals surface area contributed by atoms with Crippen LogP contribution in [-0.4, -0.2) is 11.2 Å². The molecular formula is C16H15ClF3NO. The first kappa shape index (κ1) is 16.8. The van der Waals surface area contributed by atoms with Crippen molar-refractivity contribution in [3.05, 3.63) is 70.2 Å². The van der Waals surface area contributed by atoms with Crippen LogP contribution < -0.4 is 5.73 Å². The smallest absolute Gasteiger partial charge is 0.391 e. The molecule has 3 N–H and O–H groups in total. The fourth-order valence-electron chi connectivity index (χ4n) is 2.17. The molecule has 2 nitrogen and oxygen atoms in total. The van der Waals surface area contributed by atoms with E-state index in [2.05, 4.69) is 0 Å². The Bertz CT molecular complexity index is 631. The summed E-state index contributed by atoms with van der Waals surface area (Å²) in [5.41, 5.74) is 5.98. The molecule has 0 fully saturated rings. The largest absolute Gasteiger partial charge is 0.416 e. The lowest BCUT2D eigenvalue weighted by molar-refractivity contribution is -0.137. The molecule has 2 aromatic carbocycles. The Hall–Kier alpha value is -1.56. The van der Waals surface area contributed by atoms with Crippen molar-refractivity contribution in [2.24, 2.45) is 5.73 Å². The summed E-state index contributed by atoms with van der Waals surface area (Å²) in [6.07, 6.45) is -5.29. The first-order valence-electron chi connectivity index (χ1n) is 6.63. The maximum Gasteiger partial charge on any atom is 0.416 e. The van der Waals surface area contributed by atoms with Gasteiger partial charge in [0.25, 0.3) is 0 Å². The Balaban J connectivity index is 2.23. The quantitative estimate of drug-likeness (QED) is 0.891. The topological polar surface area (TPSA) is 46.2 Å². The molecule has 22 heavy (non-hydrogen) atoms. The number of benzene rings is 2. The Labute approximate surface area is 131 Å². The third kappa shape index (κ3) is 4.00. The maximum atomic E-state index is 12.8. The number of rotatable bonds is 4. The minimum absolute atomic E-state index is 0.0833. The zero-order valence-electron chi connectivity index (χ0n) is 11.5. The van der Waals surface area contributed by atoms with Gasteiger partial charge in [-0.05, 0) is 29.3 Å². The minimum Gasteiger partial charge on any atom is -0.391 e. The van der Waals surface area contributed by atoms with Crippen molar-refractivity contribution in [2.75, 3.05) is 0 Å². The van der Waals surface area contributed by atoms with Crippen molar-refractivity contribution in [1.29, 1.82) is 0 Å². The van der Waals surface area contributed by atoms with Crippen molar-refractivity contribution >= 4 is 11.6 Å². The highest BCUT2D eigenvalue weighted by Crippen LogP contribution is 2.34. The molecule has 0 aliphatic heterocycles. The van der Waals surface area contributed by atoms with Gasteiger partial charge in [0.2, 0.25) is 0 Å². The molecule has 0 saturated heterocycles. The fraction of sp³-hybridized carbons (Fsp3) is 0.250. The lowest BCUT2D eigenvalue weighted by atomic mass is 9.95. The molecule has 0 saturated carbocycles. The molecule has 0 bridgehead atoms. The van der Waals surface area contributed by atoms with Crippen LogP contribution in [0, 0.1) is 0 Å². The summed E-state index contributed by atoms with van der Waals surface area (Å²) < 4.78 is 38.3. The third-order valence-corrected chi connectivity index (χ3v) is 3.73. The number of alkyl halides is 3. The Morgan fingerprint density at radius 3 is 2.32 bits per heavy atom. The van der Waals surface area contributed by atoms with Gasteiger partial charge in [-0.1, -0.05) is 41.9 Å². The average molecular weight is 330 g/mol. The van der Waals surface area contributed by atoms with Crippen LogP contribution in [0.4, 0.5) is 13.2 Å². The molecule has 0 amide bonds. The maximum absolute atomic E-state index is 12.8. The molecular weight excluding hydrogens is 315 g/mol. The van der Waals surface area contributed by atoms with Gasteiger partial charge in [-0.15, -0.1) is 0 Å². The first-order chi connectivity index (χ1) is 10.3. The normalized spacial score (nSPS) is 14.6. The fourth-order valence-corrected chi connectivity index (χ4v) is 2.41. The van der Waals surface area contributed by atoms with Gasteiger partial charge in [0, 0.05) is 11.4 Å². The third-order valence-electron chi connectivity index (χ3n) is 3.38. The predicted octanol–water partition coefficient (Wildman–Crippen LogP) is 3.96. The second-order valence-corrected chi connectivity index (χ2v) is 5.42. The summed E-state index contributed by atoms with van der Waals surface area (Å²) >= 11 is 5.93. The van der Waals surface area contributed by atoms with Crippen LogP contribution in [0.5, 0.6) is 0 Å². The standard InChI is InChI=1S/C16H15ClF3NO/c17-13-7-6-11(16(18,19)20)9-12(13)15(21)14(22)8-10-4-2-1-3-5-10/h1-7,9,14-15,22H,8,21H2/t14-,15+/m0/s1. The van der Waals surface area contributed by atoms with E-state index in [-0.39, 0.29) is 17.0 Å². The summed E-state index contributed by atoms with van der Waals surface area (Å²) in [6, 6.07) is 11.0. The number of nitrogens with two attached hydrogens (primary N) is 1. The van der Waals surface area contributed by atoms with Crippen molar-refractivity contribution in [3.63, 3.8) is 0 Å². The molecule has 0 aromatic heterocycles. The van der Waals surface area contributed by atoms with Crippen molar-refractivity contribution < 1.29 is 18.3 Å². The minimum atomic E-state index is -4.48. The summed E-state index contributed by atoms with van der Waals surface area (Å²) in [5, 5.41) is 10.3. The van der Waals surface area contributed by atoms with E-state index in [1.165, 1.54) is 0 Å². The highest BCUT2D eigenvalue weighted by Gasteiger charge is 2.32. The van der Waals surface area contributed by atoms with Gasteiger partial charge in [-0.2, -0.15) is 13.2 Å². The van der Waals surface area contributed by atoms with Gasteiger partial charge in [0.1, 0.15) is 0 Å². The number of aliphatic hydroxyl groups excluding tert-OH is 1. The van der Waals surface area contributed by atoms with E-state index < -0.39 is 23.9 Å². The van der Waals surface area contributed by atoms with Gasteiger partial charge in [-0.3, -0.25) is 0 Å². The summed E-state index contributed by atoms with van der Waals surface area (Å²) in [6.45, 7) is 0. The van der Waals surface area contributed by atoms with Crippen molar-refractivity contribution in [2.45, 2.75) is 24.7 Å². The number of aliphatic hydroxyl groups is 1. The molecule has 0 spiro atoms. The first-order valence-corrected chi connectivity index (χ1v) is 7.01. The Kier molecular flexibility index (Phi) is 5.11. The number of hydrogen-bond acceptors (Lipinski definition) is 2. The van der Waals surface area contributed by atoms with E-state index in [0.717, 1.165) is 23.8 Å².